The number of piperidine rings is 2. The predicted octanol–water partition coefficient (Wildman–Crippen LogP) is 2.95. The highest BCUT2D eigenvalue weighted by molar-refractivity contribution is 6.01. The van der Waals surface area contributed by atoms with Crippen LogP contribution in [0.3, 0.4) is 0 Å². The van der Waals surface area contributed by atoms with E-state index in [1.807, 2.05) is 20.8 Å². The van der Waals surface area contributed by atoms with E-state index in [1.165, 1.54) is 12.1 Å². The molecular formula is C26H37F2N5O4. The maximum absolute atomic E-state index is 15.0. The third-order valence-corrected chi connectivity index (χ3v) is 7.07. The van der Waals surface area contributed by atoms with Crippen LogP contribution in [0.15, 0.2) is 12.1 Å². The summed E-state index contributed by atoms with van der Waals surface area (Å²) in [6.07, 6.45) is 2.01. The SMILES string of the molecule is CC(C)(C)OC(=O)N1CCC(CN2CCN(c3c(F)cc(NC4CCC(=O)NC4=O)cc3F)CC2)CC1. The number of piperazine rings is 1. The molecule has 9 nitrogen and oxygen atoms in total. The molecule has 0 aliphatic carbocycles. The molecule has 2 N–H and O–H groups in total. The van der Waals surface area contributed by atoms with Crippen molar-refractivity contribution in [2.24, 2.45) is 5.92 Å². The summed E-state index contributed by atoms with van der Waals surface area (Å²) in [6, 6.07) is 1.70. The molecule has 0 saturated carbocycles. The molecule has 37 heavy (non-hydrogen) atoms. The van der Waals surface area contributed by atoms with Crippen LogP contribution in [-0.4, -0.2) is 85.2 Å². The lowest BCUT2D eigenvalue weighted by molar-refractivity contribution is -0.133. The van der Waals surface area contributed by atoms with Gasteiger partial charge in [-0.15, -0.1) is 0 Å². The van der Waals surface area contributed by atoms with Crippen LogP contribution in [-0.2, 0) is 14.3 Å². The van der Waals surface area contributed by atoms with Crippen LogP contribution in [0.4, 0.5) is 25.0 Å². The summed E-state index contributed by atoms with van der Waals surface area (Å²) in [6.45, 7) is 10.2. The Morgan fingerprint density at radius 1 is 1.03 bits per heavy atom. The topological polar surface area (TPSA) is 94.2 Å². The number of carbonyl (C=O) groups excluding carboxylic acids is 3. The number of nitrogens with zero attached hydrogens (tertiary/aromatic N) is 3. The summed E-state index contributed by atoms with van der Waals surface area (Å²) >= 11 is 0. The maximum atomic E-state index is 15.0. The highest BCUT2D eigenvalue weighted by Gasteiger charge is 2.30. The van der Waals surface area contributed by atoms with Gasteiger partial charge >= 0.3 is 6.09 Å². The van der Waals surface area contributed by atoms with Gasteiger partial charge in [0.1, 0.15) is 17.3 Å². The number of hydrogen-bond acceptors (Lipinski definition) is 7. The van der Waals surface area contributed by atoms with Crippen LogP contribution in [0, 0.1) is 17.6 Å². The molecule has 1 atom stereocenters. The molecule has 1 aromatic carbocycles. The Bertz CT molecular complexity index is 992. The number of amides is 3. The number of ether oxygens (including phenoxy) is 1. The lowest BCUT2D eigenvalue weighted by Gasteiger charge is -2.39. The fourth-order valence-electron chi connectivity index (χ4n) is 5.13. The zero-order valence-electron chi connectivity index (χ0n) is 21.8. The second kappa shape index (κ2) is 11.2. The second-order valence-electron chi connectivity index (χ2n) is 11.1. The number of anilines is 2. The van der Waals surface area contributed by atoms with Gasteiger partial charge in [-0.1, -0.05) is 0 Å². The first kappa shape index (κ1) is 27.1. The van der Waals surface area contributed by atoms with E-state index in [0.717, 1.165) is 19.4 Å². The number of carbonyl (C=O) groups is 3. The van der Waals surface area contributed by atoms with E-state index >= 15 is 0 Å². The van der Waals surface area contributed by atoms with E-state index in [4.69, 9.17) is 4.74 Å². The quantitative estimate of drug-likeness (QED) is 0.576. The smallest absolute Gasteiger partial charge is 0.410 e. The van der Waals surface area contributed by atoms with Crippen molar-refractivity contribution < 1.29 is 27.9 Å². The van der Waals surface area contributed by atoms with Gasteiger partial charge in [0.15, 0.2) is 11.6 Å². The van der Waals surface area contributed by atoms with E-state index in [2.05, 4.69) is 15.5 Å². The molecule has 0 aromatic heterocycles. The van der Waals surface area contributed by atoms with Crippen molar-refractivity contribution in [3.63, 3.8) is 0 Å². The van der Waals surface area contributed by atoms with Gasteiger partial charge in [-0.3, -0.25) is 19.8 Å². The van der Waals surface area contributed by atoms with Crippen molar-refractivity contribution in [3.05, 3.63) is 23.8 Å². The van der Waals surface area contributed by atoms with Crippen LogP contribution >= 0.6 is 0 Å². The van der Waals surface area contributed by atoms with E-state index in [9.17, 15) is 23.2 Å². The molecule has 0 bridgehead atoms. The molecule has 1 unspecified atom stereocenters. The molecule has 3 saturated heterocycles. The van der Waals surface area contributed by atoms with Gasteiger partial charge in [-0.25, -0.2) is 13.6 Å². The Balaban J connectivity index is 1.25. The average molecular weight is 522 g/mol. The number of rotatable bonds is 5. The monoisotopic (exact) mass is 521 g/mol. The molecule has 204 valence electrons. The summed E-state index contributed by atoms with van der Waals surface area (Å²) in [5.74, 6) is -1.74. The van der Waals surface area contributed by atoms with Gasteiger partial charge in [0.2, 0.25) is 11.8 Å². The summed E-state index contributed by atoms with van der Waals surface area (Å²) in [5, 5.41) is 5.06. The molecular weight excluding hydrogens is 484 g/mol. The minimum atomic E-state index is -0.707. The first-order chi connectivity index (χ1) is 17.5. The summed E-state index contributed by atoms with van der Waals surface area (Å²) in [7, 11) is 0. The third kappa shape index (κ3) is 7.09. The third-order valence-electron chi connectivity index (χ3n) is 7.07. The van der Waals surface area contributed by atoms with Gasteiger partial charge in [0, 0.05) is 57.9 Å². The van der Waals surface area contributed by atoms with Gasteiger partial charge in [-0.05, 0) is 58.1 Å². The predicted molar refractivity (Wildman–Crippen MR) is 135 cm³/mol. The largest absolute Gasteiger partial charge is 0.444 e. The second-order valence-corrected chi connectivity index (χ2v) is 11.1. The normalized spacial score (nSPS) is 22.1. The number of halogens is 2. The summed E-state index contributed by atoms with van der Waals surface area (Å²) in [5.41, 5.74) is -0.388. The van der Waals surface area contributed by atoms with Crippen molar-refractivity contribution in [2.45, 2.75) is 58.1 Å². The average Bonchev–Trinajstić information content (AvgIpc) is 2.81. The van der Waals surface area contributed by atoms with E-state index in [1.54, 1.807) is 9.80 Å². The fourth-order valence-corrected chi connectivity index (χ4v) is 5.13. The maximum Gasteiger partial charge on any atom is 0.410 e. The summed E-state index contributed by atoms with van der Waals surface area (Å²) < 4.78 is 35.4. The zero-order valence-corrected chi connectivity index (χ0v) is 21.8. The van der Waals surface area contributed by atoms with Gasteiger partial charge in [0.05, 0.1) is 0 Å². The summed E-state index contributed by atoms with van der Waals surface area (Å²) in [4.78, 5) is 41.3. The lowest BCUT2D eigenvalue weighted by Crippen LogP contribution is -2.50. The Hall–Kier alpha value is -2.95. The van der Waals surface area contributed by atoms with Gasteiger partial charge in [0.25, 0.3) is 0 Å². The minimum Gasteiger partial charge on any atom is -0.444 e. The Kier molecular flexibility index (Phi) is 8.20. The highest BCUT2D eigenvalue weighted by Crippen LogP contribution is 2.29. The first-order valence-electron chi connectivity index (χ1n) is 13.0. The Labute approximate surface area is 216 Å². The van der Waals surface area contributed by atoms with Crippen LogP contribution in [0.5, 0.6) is 0 Å². The number of benzene rings is 1. The molecule has 1 aromatic rings. The Morgan fingerprint density at radius 2 is 1.65 bits per heavy atom. The molecule has 3 amide bonds. The molecule has 3 aliphatic rings. The van der Waals surface area contributed by atoms with E-state index in [0.29, 0.717) is 45.2 Å². The molecule has 0 spiro atoms. The molecule has 4 rings (SSSR count). The van der Waals surface area contributed by atoms with Crippen LogP contribution in [0.25, 0.3) is 0 Å². The van der Waals surface area contributed by atoms with Crippen LogP contribution < -0.4 is 15.5 Å². The minimum absolute atomic E-state index is 0.0563. The lowest BCUT2D eigenvalue weighted by atomic mass is 9.96. The van der Waals surface area contributed by atoms with Crippen molar-refractivity contribution in [1.82, 2.24) is 15.1 Å². The number of imide groups is 1. The van der Waals surface area contributed by atoms with Crippen molar-refractivity contribution in [1.29, 1.82) is 0 Å². The molecule has 3 aliphatic heterocycles. The fraction of sp³-hybridized carbons (Fsp3) is 0.654. The highest BCUT2D eigenvalue weighted by atomic mass is 19.1. The molecule has 3 heterocycles. The molecule has 11 heteroatoms. The van der Waals surface area contributed by atoms with Gasteiger partial charge < -0.3 is 19.9 Å². The van der Waals surface area contributed by atoms with E-state index in [-0.39, 0.29) is 36.2 Å². The van der Waals surface area contributed by atoms with Crippen LogP contribution in [0.1, 0.15) is 46.5 Å². The Morgan fingerprint density at radius 3 is 2.22 bits per heavy atom. The standard InChI is InChI=1S/C26H37F2N5O4/c1-26(2,3)37-25(36)33-8-6-17(7-9-33)16-31-10-12-32(13-11-31)23-19(27)14-18(15-20(23)28)29-21-4-5-22(34)30-24(21)35/h14-15,17,21,29H,4-13,16H2,1-3H3,(H,30,34,35). The van der Waals surface area contributed by atoms with Crippen LogP contribution in [0.2, 0.25) is 0 Å². The number of likely N-dealkylation sites (tertiary alicyclic amines) is 1. The first-order valence-corrected chi connectivity index (χ1v) is 13.0. The van der Waals surface area contributed by atoms with Crippen molar-refractivity contribution in [2.75, 3.05) is 56.0 Å². The van der Waals surface area contributed by atoms with E-state index < -0.39 is 29.2 Å². The molecule has 0 radical (unpaired) electrons. The van der Waals surface area contributed by atoms with Crippen molar-refractivity contribution >= 4 is 29.3 Å². The molecule has 3 fully saturated rings. The number of hydrogen-bond donors (Lipinski definition) is 2. The zero-order chi connectivity index (χ0) is 26.7. The number of nitrogens with one attached hydrogen (secondary N) is 2. The van der Waals surface area contributed by atoms with Crippen molar-refractivity contribution in [3.8, 4) is 0 Å². The van der Waals surface area contributed by atoms with Gasteiger partial charge in [-0.2, -0.15) is 0 Å².